The van der Waals surface area contributed by atoms with Crippen LogP contribution < -0.4 is 32.7 Å². The van der Waals surface area contributed by atoms with Gasteiger partial charge in [-0.25, -0.2) is 19.2 Å². The number of carbonyl (C=O) groups excluding carboxylic acids is 6. The number of carboxylic acids is 2. The summed E-state index contributed by atoms with van der Waals surface area (Å²) in [4.78, 5) is 107. The molecule has 0 unspecified atom stereocenters. The number of primary amides is 2. The lowest BCUT2D eigenvalue weighted by atomic mass is 10.0. The van der Waals surface area contributed by atoms with Gasteiger partial charge >= 0.3 is 24.1 Å². The average Bonchev–Trinajstić information content (AvgIpc) is 4.20. The van der Waals surface area contributed by atoms with Crippen molar-refractivity contribution in [3.63, 3.8) is 0 Å². The van der Waals surface area contributed by atoms with Gasteiger partial charge in [0.05, 0.1) is 12.5 Å². The maximum atomic E-state index is 12.6. The van der Waals surface area contributed by atoms with Crippen molar-refractivity contribution in [3.05, 3.63) is 143 Å². The van der Waals surface area contributed by atoms with Gasteiger partial charge in [0.2, 0.25) is 11.4 Å². The van der Waals surface area contributed by atoms with Gasteiger partial charge in [0, 0.05) is 48.8 Å². The number of furan rings is 2. The highest BCUT2D eigenvalue weighted by Crippen LogP contribution is 2.41. The van der Waals surface area contributed by atoms with Crippen LogP contribution >= 0.6 is 23.5 Å². The van der Waals surface area contributed by atoms with E-state index in [0.717, 1.165) is 36.0 Å². The lowest BCUT2D eigenvalue weighted by molar-refractivity contribution is -0.150. The third-order valence-corrected chi connectivity index (χ3v) is 13.7. The zero-order valence-electron chi connectivity index (χ0n) is 40.6. The Morgan fingerprint density at radius 2 is 1.00 bits per heavy atom. The fourth-order valence-corrected chi connectivity index (χ4v) is 10.2. The molecule has 4 aliphatic heterocycles. The van der Waals surface area contributed by atoms with E-state index in [9.17, 15) is 48.6 Å². The molecule has 8 rings (SSSR count). The number of β-lactam (4-membered cyclic amide) rings is 2. The van der Waals surface area contributed by atoms with Crippen LogP contribution in [0.15, 0.2) is 139 Å². The molecule has 2 fully saturated rings. The summed E-state index contributed by atoms with van der Waals surface area (Å²) in [5, 5.41) is 36.8. The number of oxime groups is 2. The molecule has 6 heterocycles. The highest BCUT2D eigenvalue weighted by Gasteiger charge is 2.56. The summed E-state index contributed by atoms with van der Waals surface area (Å²) in [6.07, 6.45) is 0.580. The molecule has 2 aromatic carbocycles. The maximum absolute atomic E-state index is 12.6. The molecule has 0 aliphatic carbocycles. The van der Waals surface area contributed by atoms with Gasteiger partial charge in [0.1, 0.15) is 61.7 Å². The number of nitrogens with two attached hydrogens (primary N) is 2. The molecular weight excluding hydrogens is 1040 g/mol. The lowest BCUT2D eigenvalue weighted by Crippen LogP contribution is -2.71. The number of benzene rings is 2. The number of amides is 6. The molecule has 76 heavy (non-hydrogen) atoms. The summed E-state index contributed by atoms with van der Waals surface area (Å²) in [6, 6.07) is 25.1. The number of fused-ring (bicyclic) bond motifs is 2. The number of aliphatic carboxylic acids is 2. The molecule has 0 spiro atoms. The second-order valence-electron chi connectivity index (χ2n) is 16.0. The molecule has 4 aromatic rings. The summed E-state index contributed by atoms with van der Waals surface area (Å²) in [6.45, 7) is 3.16. The van der Waals surface area contributed by atoms with Crippen molar-refractivity contribution >= 4 is 82.7 Å². The first-order valence-electron chi connectivity index (χ1n) is 22.7. The number of carbonyl (C=O) groups is 8. The van der Waals surface area contributed by atoms with Crippen LogP contribution in [0.4, 0.5) is 9.59 Å². The third-order valence-electron chi connectivity index (χ3n) is 11.0. The van der Waals surface area contributed by atoms with E-state index in [-0.39, 0.29) is 70.2 Å². The van der Waals surface area contributed by atoms with Gasteiger partial charge in [0.25, 0.3) is 23.6 Å². The molecule has 10 N–H and O–H groups in total. The molecule has 6 amide bonds. The Hall–Kier alpha value is -8.60. The van der Waals surface area contributed by atoms with Crippen LogP contribution in [0.25, 0.3) is 0 Å². The van der Waals surface area contributed by atoms with Crippen LogP contribution in [0.1, 0.15) is 22.6 Å². The average molecular weight is 1090 g/mol. The van der Waals surface area contributed by atoms with E-state index < -0.39 is 70.6 Å². The minimum Gasteiger partial charge on any atom is -0.477 e. The first-order valence-corrected chi connectivity index (χ1v) is 24.8. The van der Waals surface area contributed by atoms with Gasteiger partial charge in [0.15, 0.2) is 11.5 Å². The Morgan fingerprint density at radius 3 is 1.32 bits per heavy atom. The van der Waals surface area contributed by atoms with E-state index in [1.54, 1.807) is 12.1 Å². The zero-order chi connectivity index (χ0) is 54.7. The number of hydrogen-bond donors (Lipinski definition) is 8. The van der Waals surface area contributed by atoms with Crippen molar-refractivity contribution in [3.8, 4) is 0 Å². The molecule has 4 aliphatic rings. The number of rotatable bonds is 21. The minimum atomic E-state index is -1.35. The van der Waals surface area contributed by atoms with Crippen LogP contribution in [0.5, 0.6) is 0 Å². The van der Waals surface area contributed by atoms with Gasteiger partial charge in [-0.05, 0) is 35.4 Å². The van der Waals surface area contributed by atoms with Crippen LogP contribution in [0.2, 0.25) is 0 Å². The van der Waals surface area contributed by atoms with Gasteiger partial charge in [-0.1, -0.05) is 71.0 Å². The lowest BCUT2D eigenvalue weighted by Gasteiger charge is -2.49. The first kappa shape index (κ1) is 56.7. The fourth-order valence-electron chi connectivity index (χ4n) is 7.56. The molecule has 28 heteroatoms. The summed E-state index contributed by atoms with van der Waals surface area (Å²) >= 11 is 2.43. The van der Waals surface area contributed by atoms with E-state index in [0.29, 0.717) is 0 Å². The monoisotopic (exact) mass is 1090 g/mol. The second-order valence-corrected chi connectivity index (χ2v) is 18.2. The van der Waals surface area contributed by atoms with E-state index in [2.05, 4.69) is 99.3 Å². The normalized spacial score (nSPS) is 18.7. The molecule has 26 nitrogen and oxygen atoms in total. The molecule has 0 radical (unpaired) electrons. The van der Waals surface area contributed by atoms with E-state index in [4.69, 9.17) is 20.3 Å². The van der Waals surface area contributed by atoms with Crippen molar-refractivity contribution in [2.24, 2.45) is 21.8 Å². The predicted octanol–water partition coefficient (Wildman–Crippen LogP) is 1.49. The van der Waals surface area contributed by atoms with Crippen LogP contribution in [-0.4, -0.2) is 154 Å². The number of hydrogen-bond acceptors (Lipinski definition) is 20. The molecule has 4 atom stereocenters. The van der Waals surface area contributed by atoms with E-state index in [1.807, 2.05) is 12.1 Å². The van der Waals surface area contributed by atoms with Crippen molar-refractivity contribution in [2.45, 2.75) is 35.9 Å². The van der Waals surface area contributed by atoms with Crippen LogP contribution in [-0.2, 0) is 61.0 Å². The molecular formula is C48H52N10O16S2. The smallest absolute Gasteiger partial charge is 0.404 e. The van der Waals surface area contributed by atoms with Crippen molar-refractivity contribution in [2.75, 3.05) is 52.0 Å². The molecule has 0 saturated carbocycles. The molecule has 2 aromatic heterocycles. The molecule has 402 valence electrons. The number of nitrogens with one attached hydrogen (secondary N) is 4. The number of carboxylic acid groups (broad SMARTS) is 2. The number of ether oxygens (including phenoxy) is 2. The summed E-state index contributed by atoms with van der Waals surface area (Å²) in [5.74, 6) is -4.76. The van der Waals surface area contributed by atoms with Gasteiger partial charge in [-0.2, -0.15) is 0 Å². The van der Waals surface area contributed by atoms with Crippen LogP contribution in [0, 0.1) is 0 Å². The van der Waals surface area contributed by atoms with Gasteiger partial charge < -0.3 is 70.9 Å². The van der Waals surface area contributed by atoms with Gasteiger partial charge in [-0.3, -0.25) is 29.0 Å². The Kier molecular flexibility index (Phi) is 20.6. The van der Waals surface area contributed by atoms with Crippen molar-refractivity contribution in [1.29, 1.82) is 0 Å². The van der Waals surface area contributed by atoms with Crippen molar-refractivity contribution < 1.29 is 76.6 Å². The van der Waals surface area contributed by atoms with Crippen LogP contribution in [0.3, 0.4) is 0 Å². The van der Waals surface area contributed by atoms with Crippen molar-refractivity contribution in [1.82, 2.24) is 31.1 Å². The topological polar surface area (TPSA) is 372 Å². The number of thioether (sulfide) groups is 2. The maximum Gasteiger partial charge on any atom is 0.404 e. The number of nitrogens with zero attached hydrogens (tertiary/aromatic N) is 4. The predicted molar refractivity (Wildman–Crippen MR) is 271 cm³/mol. The standard InChI is InChI=1S/2C16H16N4O8S.C16H20N2/c2*1-26-19-9(8-3-2-4-27-8)12(21)18-10-13(22)20-11(15(23)24)7(5-28-16(17)25)6-29-14(10)20;1-3-7-15(8-4-1)13-17-11-12-18-14-16-9-5-2-6-10-16/h2*2-4,10,14H,5-6H2,1H3,(H2,17,25)(H,18,21)(H,23,24);1-10,17-18H,11-14H2/b2*19-9+;/t2*10-,14-;/m11./s1. The first-order chi connectivity index (χ1) is 36.6. The Balaban J connectivity index is 0.000000191. The molecule has 0 bridgehead atoms. The highest BCUT2D eigenvalue weighted by molar-refractivity contribution is 8.00. The Labute approximate surface area is 441 Å². The minimum absolute atomic E-state index is 0.140. The summed E-state index contributed by atoms with van der Waals surface area (Å²) in [7, 11) is 2.51. The largest absolute Gasteiger partial charge is 0.477 e. The summed E-state index contributed by atoms with van der Waals surface area (Å²) in [5.41, 5.74) is 12.0. The Morgan fingerprint density at radius 1 is 0.618 bits per heavy atom. The van der Waals surface area contributed by atoms with E-state index >= 15 is 0 Å². The Bertz CT molecular complexity index is 2660. The molecule has 2 saturated heterocycles. The van der Waals surface area contributed by atoms with Gasteiger partial charge in [-0.15, -0.1) is 23.5 Å². The zero-order valence-corrected chi connectivity index (χ0v) is 42.2. The SMILES string of the molecule is CO/N=C(/C(=O)N[C@@H]1C(=O)N2C(C(=O)O)=C(COC(N)=O)CS[C@H]12)c1ccco1.CO/N=C(/C(=O)N[C@@H]1C(=O)N2C(C(=O)O)=C(COC(N)=O)CS[C@H]12)c1ccco1.c1ccc(CNCCNCc2ccccc2)cc1. The third kappa shape index (κ3) is 14.6. The second kappa shape index (κ2) is 27.6. The fraction of sp³-hybridized carbons (Fsp3) is 0.292. The summed E-state index contributed by atoms with van der Waals surface area (Å²) < 4.78 is 19.6. The highest BCUT2D eigenvalue weighted by atomic mass is 32.2. The quantitative estimate of drug-likeness (QED) is 0.0254. The van der Waals surface area contributed by atoms with E-state index in [1.165, 1.54) is 73.5 Å².